The first kappa shape index (κ1) is 9.64. The Balaban J connectivity index is 4.06. The van der Waals surface area contributed by atoms with E-state index in [0.717, 1.165) is 0 Å². The van der Waals surface area contributed by atoms with Crippen LogP contribution in [0.15, 0.2) is 0 Å². The Labute approximate surface area is 61.0 Å². The van der Waals surface area contributed by atoms with Crippen molar-refractivity contribution in [1.82, 2.24) is 0 Å². The molecule has 0 radical (unpaired) electrons. The fraction of sp³-hybridized carbons (Fsp3) is 0.667. The summed E-state index contributed by atoms with van der Waals surface area (Å²) in [6.07, 6.45) is -2.44. The van der Waals surface area contributed by atoms with Gasteiger partial charge in [0.25, 0.3) is 0 Å². The van der Waals surface area contributed by atoms with Crippen molar-refractivity contribution < 1.29 is 22.7 Å². The average molecular weight is 191 g/mol. The predicted molar refractivity (Wildman–Crippen MR) is 32.2 cm³/mol. The summed E-state index contributed by atoms with van der Waals surface area (Å²) in [4.78, 5) is 9.68. The molecule has 7 heteroatoms. The van der Waals surface area contributed by atoms with Crippen molar-refractivity contribution in [2.75, 3.05) is 5.75 Å². The second-order valence-electron chi connectivity index (χ2n) is 1.51. The van der Waals surface area contributed by atoms with Crippen molar-refractivity contribution in [3.05, 3.63) is 0 Å². The maximum atomic E-state index is 12.0. The van der Waals surface area contributed by atoms with E-state index in [1.54, 1.807) is 0 Å². The number of hydrogen-bond acceptors (Lipinski definition) is 3. The summed E-state index contributed by atoms with van der Waals surface area (Å²) >= 11 is 0. The highest BCUT2D eigenvalue weighted by Gasteiger charge is 2.22. The van der Waals surface area contributed by atoms with Gasteiger partial charge in [0.15, 0.2) is 0 Å². The second kappa shape index (κ2) is 3.16. The van der Waals surface area contributed by atoms with E-state index < -0.39 is 26.9 Å². The van der Waals surface area contributed by atoms with Crippen LogP contribution < -0.4 is 0 Å². The lowest BCUT2D eigenvalue weighted by molar-refractivity contribution is -0.141. The SMILES string of the molecule is O=C(O)C(F)CS(=O)(=O)Cl. The largest absolute Gasteiger partial charge is 0.479 e. The van der Waals surface area contributed by atoms with Gasteiger partial charge in [-0.15, -0.1) is 0 Å². The fourth-order valence-electron chi connectivity index (χ4n) is 0.246. The van der Waals surface area contributed by atoms with E-state index in [4.69, 9.17) is 5.11 Å². The number of aliphatic carboxylic acids is 1. The van der Waals surface area contributed by atoms with Gasteiger partial charge in [-0.3, -0.25) is 0 Å². The van der Waals surface area contributed by atoms with Crippen molar-refractivity contribution >= 4 is 25.7 Å². The first-order valence-corrected chi connectivity index (χ1v) is 4.60. The number of carboxylic acids is 1. The van der Waals surface area contributed by atoms with Gasteiger partial charge in [-0.1, -0.05) is 0 Å². The van der Waals surface area contributed by atoms with Crippen molar-refractivity contribution in [3.8, 4) is 0 Å². The van der Waals surface area contributed by atoms with Crippen LogP contribution in [-0.2, 0) is 13.8 Å². The predicted octanol–water partition coefficient (Wildman–Crippen LogP) is -0.0223. The second-order valence-corrected chi connectivity index (χ2v) is 4.33. The maximum Gasteiger partial charge on any atom is 0.339 e. The number of carboxylic acid groups (broad SMARTS) is 1. The van der Waals surface area contributed by atoms with Gasteiger partial charge in [0.1, 0.15) is 5.75 Å². The van der Waals surface area contributed by atoms with E-state index in [1.807, 2.05) is 0 Å². The van der Waals surface area contributed by atoms with Crippen LogP contribution in [0.1, 0.15) is 0 Å². The van der Waals surface area contributed by atoms with Gasteiger partial charge < -0.3 is 5.11 Å². The molecule has 0 aliphatic carbocycles. The fourth-order valence-corrected chi connectivity index (χ4v) is 1.07. The topological polar surface area (TPSA) is 71.4 Å². The first-order valence-electron chi connectivity index (χ1n) is 2.12. The molecule has 0 aromatic heterocycles. The van der Waals surface area contributed by atoms with E-state index in [2.05, 4.69) is 10.7 Å². The Kier molecular flexibility index (Phi) is 3.04. The van der Waals surface area contributed by atoms with Crippen molar-refractivity contribution in [3.63, 3.8) is 0 Å². The molecule has 0 fully saturated rings. The minimum absolute atomic E-state index is 1.19. The van der Waals surface area contributed by atoms with Crippen LogP contribution in [0.5, 0.6) is 0 Å². The molecular weight excluding hydrogens is 187 g/mol. The van der Waals surface area contributed by atoms with Gasteiger partial charge in [0, 0.05) is 10.7 Å². The average Bonchev–Trinajstić information content (AvgIpc) is 1.60. The van der Waals surface area contributed by atoms with Gasteiger partial charge in [0.2, 0.25) is 15.2 Å². The molecule has 0 saturated carbocycles. The molecule has 1 unspecified atom stereocenters. The van der Waals surface area contributed by atoms with Crippen LogP contribution in [0.4, 0.5) is 4.39 Å². The van der Waals surface area contributed by atoms with Crippen LogP contribution in [0.3, 0.4) is 0 Å². The van der Waals surface area contributed by atoms with E-state index in [-0.39, 0.29) is 0 Å². The van der Waals surface area contributed by atoms with Gasteiger partial charge in [0.05, 0.1) is 0 Å². The standard InChI is InChI=1S/C3H4ClFO4S/c4-10(8,9)1-2(5)3(6)7/h2H,1H2,(H,6,7). The third kappa shape index (κ3) is 4.51. The molecular formula is C3H4ClFO4S. The summed E-state index contributed by atoms with van der Waals surface area (Å²) in [6.45, 7) is 0. The van der Waals surface area contributed by atoms with Crippen LogP contribution in [0.25, 0.3) is 0 Å². The molecule has 0 rings (SSSR count). The minimum Gasteiger partial charge on any atom is -0.479 e. The number of rotatable bonds is 3. The van der Waals surface area contributed by atoms with Crippen molar-refractivity contribution in [2.45, 2.75) is 6.17 Å². The van der Waals surface area contributed by atoms with Gasteiger partial charge in [-0.05, 0) is 0 Å². The molecule has 0 aromatic rings. The van der Waals surface area contributed by atoms with Crippen LogP contribution in [0.2, 0.25) is 0 Å². The van der Waals surface area contributed by atoms with E-state index in [1.165, 1.54) is 0 Å². The molecule has 4 nitrogen and oxygen atoms in total. The normalized spacial score (nSPS) is 14.6. The Bertz CT molecular complexity index is 223. The van der Waals surface area contributed by atoms with Crippen LogP contribution in [-0.4, -0.2) is 31.4 Å². The molecule has 0 bridgehead atoms. The Hall–Kier alpha value is -0.360. The Morgan fingerprint density at radius 2 is 2.10 bits per heavy atom. The van der Waals surface area contributed by atoms with E-state index in [9.17, 15) is 17.6 Å². The van der Waals surface area contributed by atoms with Crippen LogP contribution >= 0.6 is 10.7 Å². The summed E-state index contributed by atoms with van der Waals surface area (Å²) in [6, 6.07) is 0. The monoisotopic (exact) mass is 190 g/mol. The molecule has 60 valence electrons. The molecule has 0 heterocycles. The number of hydrogen-bond donors (Lipinski definition) is 1. The lowest BCUT2D eigenvalue weighted by Gasteiger charge is -1.96. The minimum atomic E-state index is -4.05. The molecule has 0 aliphatic heterocycles. The Morgan fingerprint density at radius 1 is 1.70 bits per heavy atom. The summed E-state index contributed by atoms with van der Waals surface area (Å²) in [7, 11) is 0.489. The molecule has 0 aromatic carbocycles. The molecule has 0 aliphatic rings. The van der Waals surface area contributed by atoms with Gasteiger partial charge in [-0.2, -0.15) is 0 Å². The lowest BCUT2D eigenvalue weighted by Crippen LogP contribution is -2.22. The van der Waals surface area contributed by atoms with Crippen molar-refractivity contribution in [1.29, 1.82) is 0 Å². The van der Waals surface area contributed by atoms with Gasteiger partial charge in [-0.25, -0.2) is 17.6 Å². The van der Waals surface area contributed by atoms with E-state index >= 15 is 0 Å². The summed E-state index contributed by atoms with van der Waals surface area (Å²) in [5.41, 5.74) is 0. The molecule has 0 spiro atoms. The third-order valence-electron chi connectivity index (χ3n) is 0.613. The quantitative estimate of drug-likeness (QED) is 0.635. The van der Waals surface area contributed by atoms with Crippen molar-refractivity contribution in [2.24, 2.45) is 0 Å². The van der Waals surface area contributed by atoms with E-state index in [0.29, 0.717) is 0 Å². The zero-order chi connectivity index (χ0) is 8.36. The highest BCUT2D eigenvalue weighted by Crippen LogP contribution is 2.02. The lowest BCUT2D eigenvalue weighted by atomic mass is 10.5. The zero-order valence-corrected chi connectivity index (χ0v) is 6.19. The third-order valence-corrected chi connectivity index (χ3v) is 1.68. The summed E-state index contributed by atoms with van der Waals surface area (Å²) < 4.78 is 32.0. The number of carbonyl (C=O) groups is 1. The maximum absolute atomic E-state index is 12.0. The first-order chi connectivity index (χ1) is 4.33. The molecule has 1 atom stereocenters. The molecule has 0 amide bonds. The highest BCUT2D eigenvalue weighted by molar-refractivity contribution is 8.13. The van der Waals surface area contributed by atoms with Gasteiger partial charge >= 0.3 is 5.97 Å². The van der Waals surface area contributed by atoms with Crippen LogP contribution in [0, 0.1) is 0 Å². The molecule has 10 heavy (non-hydrogen) atoms. The summed E-state index contributed by atoms with van der Waals surface area (Å²) in [5, 5.41) is 7.85. The zero-order valence-electron chi connectivity index (χ0n) is 4.62. The molecule has 1 N–H and O–H groups in total. The Morgan fingerprint density at radius 3 is 2.20 bits per heavy atom. The summed E-state index contributed by atoms with van der Waals surface area (Å²) in [5.74, 6) is -3.02. The highest BCUT2D eigenvalue weighted by atomic mass is 35.7. The smallest absolute Gasteiger partial charge is 0.339 e. The number of halogens is 2. The number of alkyl halides is 1. The molecule has 0 saturated heterocycles.